The van der Waals surface area contributed by atoms with E-state index in [-0.39, 0.29) is 18.3 Å². The molecular formula is C37H52FNO3. The summed E-state index contributed by atoms with van der Waals surface area (Å²) >= 11 is 0. The average Bonchev–Trinajstić information content (AvgIpc) is 3.02. The van der Waals surface area contributed by atoms with Crippen LogP contribution in [0.25, 0.3) is 11.1 Å². The molecule has 0 aliphatic heterocycles. The van der Waals surface area contributed by atoms with Gasteiger partial charge in [0.25, 0.3) is 0 Å². The molecule has 0 amide bonds. The van der Waals surface area contributed by atoms with Gasteiger partial charge in [-0.05, 0) is 73.3 Å². The zero-order chi connectivity index (χ0) is 30.2. The topological polar surface area (TPSA) is 70.3 Å². The highest BCUT2D eigenvalue weighted by Crippen LogP contribution is 2.41. The van der Waals surface area contributed by atoms with Crippen molar-refractivity contribution in [1.82, 2.24) is 0 Å². The summed E-state index contributed by atoms with van der Waals surface area (Å²) in [5.41, 5.74) is 1.59. The van der Waals surface area contributed by atoms with Crippen LogP contribution in [0.2, 0.25) is 0 Å². The van der Waals surface area contributed by atoms with Crippen LogP contribution in [0.15, 0.2) is 42.5 Å². The van der Waals surface area contributed by atoms with Crippen molar-refractivity contribution in [3.8, 4) is 22.9 Å². The molecule has 5 heteroatoms. The number of nitrogens with zero attached hydrogens (tertiary/aromatic N) is 1. The fraction of sp³-hybridized carbons (Fsp3) is 0.622. The standard InChI is InChI=1S/C37H52FNO3/c1-3-5-6-7-8-9-10-14-25-42-35-24-23-32(26-33(35)28-39)31-21-19-30(20-22-31)18-17-29(4-2)27-37(38,36(40)41)34-15-12-11-13-16-34/h19-24,26,29,34H,3-18,25,27H2,1-2H3,(H,40,41)/t29?,37-/m0/s1. The highest BCUT2D eigenvalue weighted by Gasteiger charge is 2.47. The Labute approximate surface area is 253 Å². The molecule has 1 aliphatic carbocycles. The number of hydrogen-bond acceptors (Lipinski definition) is 3. The van der Waals surface area contributed by atoms with Crippen molar-refractivity contribution in [2.75, 3.05) is 6.61 Å². The van der Waals surface area contributed by atoms with Gasteiger partial charge in [0.05, 0.1) is 12.2 Å². The summed E-state index contributed by atoms with van der Waals surface area (Å²) in [6.07, 6.45) is 16.7. The van der Waals surface area contributed by atoms with Gasteiger partial charge < -0.3 is 9.84 Å². The van der Waals surface area contributed by atoms with Crippen molar-refractivity contribution in [1.29, 1.82) is 5.26 Å². The molecule has 0 saturated heterocycles. The molecular weight excluding hydrogens is 525 g/mol. The van der Waals surface area contributed by atoms with Gasteiger partial charge in [-0.15, -0.1) is 0 Å². The van der Waals surface area contributed by atoms with Crippen LogP contribution in [-0.2, 0) is 11.2 Å². The summed E-state index contributed by atoms with van der Waals surface area (Å²) in [5.74, 6) is -0.968. The molecule has 0 bridgehead atoms. The van der Waals surface area contributed by atoms with Crippen molar-refractivity contribution >= 4 is 5.97 Å². The molecule has 0 radical (unpaired) electrons. The lowest BCUT2D eigenvalue weighted by atomic mass is 9.73. The van der Waals surface area contributed by atoms with Crippen molar-refractivity contribution < 1.29 is 19.0 Å². The lowest BCUT2D eigenvalue weighted by Crippen LogP contribution is -2.44. The van der Waals surface area contributed by atoms with E-state index < -0.39 is 11.6 Å². The Balaban J connectivity index is 1.50. The molecule has 1 fully saturated rings. The fourth-order valence-corrected chi connectivity index (χ4v) is 6.43. The quantitative estimate of drug-likeness (QED) is 0.169. The highest BCUT2D eigenvalue weighted by molar-refractivity contribution is 5.77. The Morgan fingerprint density at radius 1 is 0.976 bits per heavy atom. The van der Waals surface area contributed by atoms with Gasteiger partial charge >= 0.3 is 5.97 Å². The maximum absolute atomic E-state index is 15.8. The van der Waals surface area contributed by atoms with E-state index in [1.54, 1.807) is 0 Å². The highest BCUT2D eigenvalue weighted by atomic mass is 19.1. The number of carboxylic acids is 1. The molecule has 2 aromatic carbocycles. The molecule has 230 valence electrons. The summed E-state index contributed by atoms with van der Waals surface area (Å²) in [4.78, 5) is 12.0. The molecule has 1 N–H and O–H groups in total. The Morgan fingerprint density at radius 2 is 1.62 bits per heavy atom. The molecule has 42 heavy (non-hydrogen) atoms. The zero-order valence-corrected chi connectivity index (χ0v) is 26.0. The van der Waals surface area contributed by atoms with Gasteiger partial charge in [-0.1, -0.05) is 115 Å². The smallest absolute Gasteiger partial charge is 0.341 e. The first-order chi connectivity index (χ1) is 20.4. The Kier molecular flexibility index (Phi) is 14.4. The molecule has 1 aliphatic rings. The summed E-state index contributed by atoms with van der Waals surface area (Å²) in [6, 6.07) is 16.4. The second-order valence-electron chi connectivity index (χ2n) is 12.4. The molecule has 0 aromatic heterocycles. The van der Waals surface area contributed by atoms with Gasteiger partial charge in [-0.25, -0.2) is 9.18 Å². The van der Waals surface area contributed by atoms with Crippen LogP contribution < -0.4 is 4.74 Å². The van der Waals surface area contributed by atoms with Crippen LogP contribution in [0.1, 0.15) is 128 Å². The first kappa shape index (κ1) is 33.6. The zero-order valence-electron chi connectivity index (χ0n) is 26.0. The van der Waals surface area contributed by atoms with E-state index in [9.17, 15) is 15.2 Å². The monoisotopic (exact) mass is 577 g/mol. The molecule has 1 unspecified atom stereocenters. The number of carboxylic acid groups (broad SMARTS) is 1. The van der Waals surface area contributed by atoms with E-state index in [2.05, 4.69) is 37.3 Å². The number of carbonyl (C=O) groups is 1. The molecule has 0 spiro atoms. The summed E-state index contributed by atoms with van der Waals surface area (Å²) < 4.78 is 21.8. The van der Waals surface area contributed by atoms with E-state index in [1.165, 1.54) is 38.5 Å². The van der Waals surface area contributed by atoms with Gasteiger partial charge in [0.1, 0.15) is 11.8 Å². The third kappa shape index (κ3) is 10.1. The lowest BCUT2D eigenvalue weighted by molar-refractivity contribution is -0.158. The Bertz CT molecular complexity index is 1120. The third-order valence-electron chi connectivity index (χ3n) is 9.25. The minimum Gasteiger partial charge on any atom is -0.492 e. The van der Waals surface area contributed by atoms with Crippen LogP contribution in [0.4, 0.5) is 4.39 Å². The predicted molar refractivity (Wildman–Crippen MR) is 169 cm³/mol. The van der Waals surface area contributed by atoms with Crippen molar-refractivity contribution in [2.45, 2.75) is 129 Å². The van der Waals surface area contributed by atoms with Gasteiger partial charge in [-0.2, -0.15) is 5.26 Å². The van der Waals surface area contributed by atoms with Gasteiger partial charge in [0.15, 0.2) is 0 Å². The summed E-state index contributed by atoms with van der Waals surface area (Å²) in [6.45, 7) is 4.91. The maximum Gasteiger partial charge on any atom is 0.341 e. The van der Waals surface area contributed by atoms with Crippen LogP contribution in [0.3, 0.4) is 0 Å². The predicted octanol–water partition coefficient (Wildman–Crippen LogP) is 10.5. The summed E-state index contributed by atoms with van der Waals surface area (Å²) in [5, 5.41) is 19.5. The Hall–Kier alpha value is -2.87. The Morgan fingerprint density at radius 3 is 2.24 bits per heavy atom. The van der Waals surface area contributed by atoms with Crippen molar-refractivity contribution in [2.24, 2.45) is 11.8 Å². The molecule has 0 heterocycles. The van der Waals surface area contributed by atoms with Crippen LogP contribution in [0.5, 0.6) is 5.75 Å². The normalized spacial score (nSPS) is 16.0. The summed E-state index contributed by atoms with van der Waals surface area (Å²) in [7, 11) is 0. The second kappa shape index (κ2) is 17.9. The van der Waals surface area contributed by atoms with E-state index in [1.807, 2.05) is 25.1 Å². The minimum absolute atomic E-state index is 0.0317. The second-order valence-corrected chi connectivity index (χ2v) is 12.4. The molecule has 1 saturated carbocycles. The number of nitriles is 1. The van der Waals surface area contributed by atoms with Gasteiger partial charge in [0.2, 0.25) is 5.67 Å². The molecule has 4 nitrogen and oxygen atoms in total. The number of hydrogen-bond donors (Lipinski definition) is 1. The molecule has 3 rings (SSSR count). The van der Waals surface area contributed by atoms with E-state index in [0.717, 1.165) is 68.1 Å². The minimum atomic E-state index is -2.12. The van der Waals surface area contributed by atoms with Gasteiger partial charge in [0, 0.05) is 5.92 Å². The van der Waals surface area contributed by atoms with E-state index >= 15 is 4.39 Å². The first-order valence-electron chi connectivity index (χ1n) is 16.6. The molecule has 2 aromatic rings. The number of benzene rings is 2. The maximum atomic E-state index is 15.8. The number of ether oxygens (including phenoxy) is 1. The SMILES string of the molecule is CCCCCCCCCCOc1ccc(-c2ccc(CCC(CC)C[C@@](F)(C(=O)O)C3CCCCC3)cc2)cc1C#N. The lowest BCUT2D eigenvalue weighted by Gasteiger charge is -2.35. The first-order valence-corrected chi connectivity index (χ1v) is 16.6. The van der Waals surface area contributed by atoms with Gasteiger partial charge in [-0.3, -0.25) is 0 Å². The van der Waals surface area contributed by atoms with Crippen molar-refractivity contribution in [3.05, 3.63) is 53.6 Å². The van der Waals surface area contributed by atoms with Crippen LogP contribution >= 0.6 is 0 Å². The number of aryl methyl sites for hydroxylation is 1. The number of alkyl halides is 1. The number of unbranched alkanes of at least 4 members (excludes halogenated alkanes) is 7. The van der Waals surface area contributed by atoms with Crippen molar-refractivity contribution in [3.63, 3.8) is 0 Å². The largest absolute Gasteiger partial charge is 0.492 e. The van der Waals surface area contributed by atoms with E-state index in [4.69, 9.17) is 4.74 Å². The third-order valence-corrected chi connectivity index (χ3v) is 9.25. The average molecular weight is 578 g/mol. The number of aliphatic carboxylic acids is 1. The number of rotatable bonds is 19. The number of halogens is 1. The van der Waals surface area contributed by atoms with Crippen LogP contribution in [-0.4, -0.2) is 23.4 Å². The molecule has 2 atom stereocenters. The van der Waals surface area contributed by atoms with E-state index in [0.29, 0.717) is 30.8 Å². The fourth-order valence-electron chi connectivity index (χ4n) is 6.43. The van der Waals surface area contributed by atoms with Crippen LogP contribution in [0, 0.1) is 23.2 Å².